The molecule has 0 heterocycles. The van der Waals surface area contributed by atoms with Crippen molar-refractivity contribution in [2.45, 2.75) is 6.92 Å². The van der Waals surface area contributed by atoms with Crippen LogP contribution in [0.2, 0.25) is 0 Å². The molecule has 0 saturated heterocycles. The quantitative estimate of drug-likeness (QED) is 0.679. The first-order valence-corrected chi connectivity index (χ1v) is 3.81. The van der Waals surface area contributed by atoms with Gasteiger partial charge in [0.05, 0.1) is 0 Å². The lowest BCUT2D eigenvalue weighted by Gasteiger charge is -2.01. The van der Waals surface area contributed by atoms with E-state index in [0.29, 0.717) is 5.56 Å². The molecule has 13 heavy (non-hydrogen) atoms. The molecule has 0 aliphatic rings. The molecule has 0 saturated carbocycles. The number of phenolic OH excluding ortho intramolecular Hbond substituents is 1. The first kappa shape index (κ1) is 9.32. The van der Waals surface area contributed by atoms with E-state index < -0.39 is 5.97 Å². The fourth-order valence-corrected chi connectivity index (χ4v) is 1.04. The number of benzene rings is 1. The van der Waals surface area contributed by atoms with Gasteiger partial charge in [-0.1, -0.05) is 12.1 Å². The van der Waals surface area contributed by atoms with Crippen molar-refractivity contribution in [3.05, 3.63) is 35.4 Å². The Morgan fingerprint density at radius 1 is 1.46 bits per heavy atom. The van der Waals surface area contributed by atoms with Crippen molar-refractivity contribution in [1.82, 2.24) is 0 Å². The highest BCUT2D eigenvalue weighted by Crippen LogP contribution is 2.21. The van der Waals surface area contributed by atoms with Crippen molar-refractivity contribution in [3.63, 3.8) is 0 Å². The average Bonchev–Trinajstić information content (AvgIpc) is 2.03. The van der Waals surface area contributed by atoms with Gasteiger partial charge in [-0.2, -0.15) is 0 Å². The van der Waals surface area contributed by atoms with Crippen LogP contribution >= 0.6 is 0 Å². The van der Waals surface area contributed by atoms with Gasteiger partial charge in [-0.15, -0.1) is 0 Å². The fraction of sp³-hybridized carbons (Fsp3) is 0.100. The topological polar surface area (TPSA) is 57.5 Å². The molecule has 0 bridgehead atoms. The van der Waals surface area contributed by atoms with E-state index in [1.54, 1.807) is 19.1 Å². The van der Waals surface area contributed by atoms with Crippen molar-refractivity contribution >= 4 is 12.0 Å². The number of aryl methyl sites for hydroxylation is 1. The number of aliphatic carboxylic acids is 1. The minimum Gasteiger partial charge on any atom is -0.507 e. The van der Waals surface area contributed by atoms with Gasteiger partial charge in [0.15, 0.2) is 0 Å². The molecule has 0 unspecified atom stereocenters. The molecule has 0 aliphatic carbocycles. The molecule has 1 rings (SSSR count). The predicted molar refractivity (Wildman–Crippen MR) is 49.5 cm³/mol. The van der Waals surface area contributed by atoms with Crippen LogP contribution in [0.4, 0.5) is 0 Å². The van der Waals surface area contributed by atoms with Crippen LogP contribution in [0.3, 0.4) is 0 Å². The Hall–Kier alpha value is -1.77. The zero-order valence-corrected chi connectivity index (χ0v) is 7.19. The Kier molecular flexibility index (Phi) is 2.69. The molecule has 0 aromatic heterocycles. The van der Waals surface area contributed by atoms with Crippen molar-refractivity contribution in [3.8, 4) is 5.75 Å². The number of hydrogen-bond acceptors (Lipinski definition) is 2. The number of carbonyl (C=O) groups is 1. The smallest absolute Gasteiger partial charge is 0.328 e. The normalized spacial score (nSPS) is 10.5. The third-order valence-corrected chi connectivity index (χ3v) is 1.69. The van der Waals surface area contributed by atoms with Crippen LogP contribution in [0, 0.1) is 6.92 Å². The van der Waals surface area contributed by atoms with Crippen molar-refractivity contribution in [2.24, 2.45) is 0 Å². The van der Waals surface area contributed by atoms with Crippen LogP contribution in [0.5, 0.6) is 5.75 Å². The summed E-state index contributed by atoms with van der Waals surface area (Å²) in [5, 5.41) is 17.7. The summed E-state index contributed by atoms with van der Waals surface area (Å²) in [5.74, 6) is -0.930. The Morgan fingerprint density at radius 3 is 2.69 bits per heavy atom. The maximum absolute atomic E-state index is 10.2. The summed E-state index contributed by atoms with van der Waals surface area (Å²) in [6.45, 7) is 1.81. The molecule has 2 N–H and O–H groups in total. The minimum atomic E-state index is -1.03. The van der Waals surface area contributed by atoms with Gasteiger partial charge < -0.3 is 10.2 Å². The Bertz CT molecular complexity index is 333. The summed E-state index contributed by atoms with van der Waals surface area (Å²) in [6.07, 6.45) is 2.38. The predicted octanol–water partition coefficient (Wildman–Crippen LogP) is 1.80. The van der Waals surface area contributed by atoms with Gasteiger partial charge in [0.25, 0.3) is 0 Å². The second-order valence-corrected chi connectivity index (χ2v) is 2.68. The Morgan fingerprint density at radius 2 is 2.15 bits per heavy atom. The Labute approximate surface area is 76.0 Å². The summed E-state index contributed by atoms with van der Waals surface area (Å²) in [4.78, 5) is 10.2. The van der Waals surface area contributed by atoms with Gasteiger partial charge in [-0.25, -0.2) is 4.79 Å². The van der Waals surface area contributed by atoms with Gasteiger partial charge >= 0.3 is 5.97 Å². The SMILES string of the molecule is Cc1cccc(O)c1C=CC(=O)O. The zero-order chi connectivity index (χ0) is 9.84. The summed E-state index contributed by atoms with van der Waals surface area (Å²) < 4.78 is 0. The monoisotopic (exact) mass is 178 g/mol. The number of carboxylic acid groups (broad SMARTS) is 1. The maximum atomic E-state index is 10.2. The molecule has 0 fully saturated rings. The first-order chi connectivity index (χ1) is 6.11. The number of hydrogen-bond donors (Lipinski definition) is 2. The summed E-state index contributed by atoms with van der Waals surface area (Å²) in [6, 6.07) is 5.04. The second kappa shape index (κ2) is 3.76. The van der Waals surface area contributed by atoms with E-state index in [9.17, 15) is 9.90 Å². The zero-order valence-electron chi connectivity index (χ0n) is 7.19. The molecule has 0 radical (unpaired) electrons. The average molecular weight is 178 g/mol. The number of rotatable bonds is 2. The first-order valence-electron chi connectivity index (χ1n) is 3.81. The van der Waals surface area contributed by atoms with E-state index in [-0.39, 0.29) is 5.75 Å². The molecule has 1 aromatic carbocycles. The van der Waals surface area contributed by atoms with Gasteiger partial charge in [-0.05, 0) is 24.6 Å². The molecule has 0 aliphatic heterocycles. The maximum Gasteiger partial charge on any atom is 0.328 e. The molecular formula is C10H10O3. The van der Waals surface area contributed by atoms with E-state index in [2.05, 4.69) is 0 Å². The number of carboxylic acids is 1. The highest BCUT2D eigenvalue weighted by Gasteiger charge is 2.00. The van der Waals surface area contributed by atoms with Crippen LogP contribution in [0.15, 0.2) is 24.3 Å². The van der Waals surface area contributed by atoms with Gasteiger partial charge in [0.2, 0.25) is 0 Å². The molecule has 0 amide bonds. The van der Waals surface area contributed by atoms with Crippen LogP contribution in [-0.2, 0) is 4.79 Å². The molecule has 3 heteroatoms. The standard InChI is InChI=1S/C10H10O3/c1-7-3-2-4-9(11)8(7)5-6-10(12)13/h2-6,11H,1H3,(H,12,13). The highest BCUT2D eigenvalue weighted by molar-refractivity contribution is 5.86. The molecular weight excluding hydrogens is 168 g/mol. The number of phenols is 1. The van der Waals surface area contributed by atoms with Gasteiger partial charge in [0, 0.05) is 11.6 Å². The number of aromatic hydroxyl groups is 1. The van der Waals surface area contributed by atoms with Gasteiger partial charge in [0.1, 0.15) is 5.75 Å². The van der Waals surface area contributed by atoms with E-state index >= 15 is 0 Å². The lowest BCUT2D eigenvalue weighted by molar-refractivity contribution is -0.131. The lowest BCUT2D eigenvalue weighted by atomic mass is 10.1. The summed E-state index contributed by atoms with van der Waals surface area (Å²) in [5.41, 5.74) is 1.39. The molecule has 0 atom stereocenters. The van der Waals surface area contributed by atoms with E-state index in [1.807, 2.05) is 0 Å². The van der Waals surface area contributed by atoms with Crippen molar-refractivity contribution < 1.29 is 15.0 Å². The van der Waals surface area contributed by atoms with Crippen molar-refractivity contribution in [2.75, 3.05) is 0 Å². The van der Waals surface area contributed by atoms with Gasteiger partial charge in [-0.3, -0.25) is 0 Å². The summed E-state index contributed by atoms with van der Waals surface area (Å²) in [7, 11) is 0. The Balaban J connectivity index is 3.06. The van der Waals surface area contributed by atoms with Crippen LogP contribution in [0.1, 0.15) is 11.1 Å². The molecule has 3 nitrogen and oxygen atoms in total. The third-order valence-electron chi connectivity index (χ3n) is 1.69. The third kappa shape index (κ3) is 2.33. The summed E-state index contributed by atoms with van der Waals surface area (Å²) >= 11 is 0. The molecule has 68 valence electrons. The largest absolute Gasteiger partial charge is 0.507 e. The highest BCUT2D eigenvalue weighted by atomic mass is 16.4. The van der Waals surface area contributed by atoms with E-state index in [1.165, 1.54) is 12.1 Å². The van der Waals surface area contributed by atoms with Crippen LogP contribution in [0.25, 0.3) is 6.08 Å². The fourth-order valence-electron chi connectivity index (χ4n) is 1.04. The van der Waals surface area contributed by atoms with E-state index in [0.717, 1.165) is 11.6 Å². The van der Waals surface area contributed by atoms with Crippen LogP contribution in [-0.4, -0.2) is 16.2 Å². The lowest BCUT2D eigenvalue weighted by Crippen LogP contribution is -1.87. The van der Waals surface area contributed by atoms with Crippen molar-refractivity contribution in [1.29, 1.82) is 0 Å². The van der Waals surface area contributed by atoms with Crippen LogP contribution < -0.4 is 0 Å². The minimum absolute atomic E-state index is 0.0949. The second-order valence-electron chi connectivity index (χ2n) is 2.68. The molecule has 0 spiro atoms. The molecule has 1 aromatic rings. The van der Waals surface area contributed by atoms with E-state index in [4.69, 9.17) is 5.11 Å².